The number of esters is 1. The molecule has 0 saturated carbocycles. The molecular weight excluding hydrogens is 334 g/mol. The minimum absolute atomic E-state index is 0.0366. The van der Waals surface area contributed by atoms with Gasteiger partial charge in [-0.1, -0.05) is 110 Å². The molecule has 0 fully saturated rings. The molecule has 0 spiro atoms. The third kappa shape index (κ3) is 30.4. The standard InChI is InChI=1S/C14H28O2.C10H23N/c1-3-5-6-7-8-9-10-11-12-13-14(15)16-4-2;1-2-3-4-5-6-7-8-9-10-11/h3-13H2,1-2H3;2-11H2,1H3. The van der Waals surface area contributed by atoms with E-state index in [1.807, 2.05) is 6.92 Å². The van der Waals surface area contributed by atoms with Crippen LogP contribution in [0.15, 0.2) is 0 Å². The summed E-state index contributed by atoms with van der Waals surface area (Å²) in [6.45, 7) is 7.74. The van der Waals surface area contributed by atoms with Crippen molar-refractivity contribution >= 4 is 5.97 Å². The first kappa shape index (κ1) is 28.6. The smallest absolute Gasteiger partial charge is 0.305 e. The second-order valence-electron chi connectivity index (χ2n) is 7.65. The van der Waals surface area contributed by atoms with Crippen LogP contribution in [0.2, 0.25) is 0 Å². The molecule has 0 aliphatic rings. The number of hydrogen-bond acceptors (Lipinski definition) is 3. The maximum atomic E-state index is 11.0. The molecule has 3 nitrogen and oxygen atoms in total. The fraction of sp³-hybridized carbons (Fsp3) is 0.958. The van der Waals surface area contributed by atoms with Crippen molar-refractivity contribution in [1.82, 2.24) is 0 Å². The van der Waals surface area contributed by atoms with Gasteiger partial charge < -0.3 is 10.5 Å². The van der Waals surface area contributed by atoms with Crippen molar-refractivity contribution in [2.75, 3.05) is 13.2 Å². The van der Waals surface area contributed by atoms with Gasteiger partial charge in [0.1, 0.15) is 0 Å². The lowest BCUT2D eigenvalue weighted by Crippen LogP contribution is -2.03. The zero-order chi connectivity index (χ0) is 20.4. The molecule has 0 aliphatic carbocycles. The van der Waals surface area contributed by atoms with Crippen molar-refractivity contribution in [1.29, 1.82) is 0 Å². The molecule has 0 unspecified atom stereocenters. The largest absolute Gasteiger partial charge is 0.466 e. The summed E-state index contributed by atoms with van der Waals surface area (Å²) in [5, 5.41) is 0. The molecule has 0 radical (unpaired) electrons. The Bertz CT molecular complexity index is 261. The van der Waals surface area contributed by atoms with Gasteiger partial charge in [0.2, 0.25) is 0 Å². The molecule has 0 rings (SSSR count). The van der Waals surface area contributed by atoms with Crippen LogP contribution in [0.5, 0.6) is 0 Å². The molecule has 0 aliphatic heterocycles. The Morgan fingerprint density at radius 1 is 0.593 bits per heavy atom. The molecule has 3 heteroatoms. The molecule has 0 aromatic rings. The molecule has 0 amide bonds. The average molecular weight is 386 g/mol. The first-order valence-corrected chi connectivity index (χ1v) is 12.1. The number of hydrogen-bond donors (Lipinski definition) is 1. The minimum atomic E-state index is -0.0366. The Hall–Kier alpha value is -0.570. The lowest BCUT2D eigenvalue weighted by molar-refractivity contribution is -0.143. The number of unbranched alkanes of at least 4 members (excludes halogenated alkanes) is 15. The maximum Gasteiger partial charge on any atom is 0.305 e. The van der Waals surface area contributed by atoms with Gasteiger partial charge in [0.05, 0.1) is 6.61 Å². The van der Waals surface area contributed by atoms with Crippen LogP contribution < -0.4 is 5.73 Å². The lowest BCUT2D eigenvalue weighted by Gasteiger charge is -2.02. The van der Waals surface area contributed by atoms with Gasteiger partial charge in [0, 0.05) is 6.42 Å². The van der Waals surface area contributed by atoms with E-state index in [-0.39, 0.29) is 5.97 Å². The number of carbonyl (C=O) groups is 1. The normalized spacial score (nSPS) is 10.4. The Balaban J connectivity index is 0. The quantitative estimate of drug-likeness (QED) is 0.184. The average Bonchev–Trinajstić information content (AvgIpc) is 2.67. The van der Waals surface area contributed by atoms with Crippen LogP contribution in [-0.2, 0) is 9.53 Å². The summed E-state index contributed by atoms with van der Waals surface area (Å²) in [7, 11) is 0. The molecule has 0 atom stereocenters. The zero-order valence-corrected chi connectivity index (χ0v) is 19.0. The van der Waals surface area contributed by atoms with Crippen molar-refractivity contribution < 1.29 is 9.53 Å². The fourth-order valence-electron chi connectivity index (χ4n) is 3.09. The molecule has 164 valence electrons. The van der Waals surface area contributed by atoms with Crippen molar-refractivity contribution in [3.63, 3.8) is 0 Å². The molecule has 0 bridgehead atoms. The number of rotatable bonds is 19. The Kier molecular flexibility index (Phi) is 29.3. The van der Waals surface area contributed by atoms with Gasteiger partial charge >= 0.3 is 5.97 Å². The van der Waals surface area contributed by atoms with Crippen LogP contribution in [0.25, 0.3) is 0 Å². The van der Waals surface area contributed by atoms with Gasteiger partial charge in [-0.3, -0.25) is 4.79 Å². The van der Waals surface area contributed by atoms with E-state index in [2.05, 4.69) is 13.8 Å². The van der Waals surface area contributed by atoms with Crippen molar-refractivity contribution in [2.24, 2.45) is 5.73 Å². The second kappa shape index (κ2) is 27.6. The maximum absolute atomic E-state index is 11.0. The van der Waals surface area contributed by atoms with Crippen LogP contribution in [0.1, 0.15) is 136 Å². The van der Waals surface area contributed by atoms with Crippen LogP contribution >= 0.6 is 0 Å². The molecule has 2 N–H and O–H groups in total. The summed E-state index contributed by atoms with van der Waals surface area (Å²) < 4.78 is 4.87. The van der Waals surface area contributed by atoms with E-state index in [0.717, 1.165) is 13.0 Å². The monoisotopic (exact) mass is 385 g/mol. The molecule has 0 saturated heterocycles. The summed E-state index contributed by atoms with van der Waals surface area (Å²) in [6, 6.07) is 0. The summed E-state index contributed by atoms with van der Waals surface area (Å²) in [4.78, 5) is 11.0. The summed E-state index contributed by atoms with van der Waals surface area (Å²) in [5.74, 6) is -0.0366. The van der Waals surface area contributed by atoms with Gasteiger partial charge in [-0.2, -0.15) is 0 Å². The van der Waals surface area contributed by atoms with Gasteiger partial charge in [0.25, 0.3) is 0 Å². The van der Waals surface area contributed by atoms with Gasteiger partial charge in [0.15, 0.2) is 0 Å². The van der Waals surface area contributed by atoms with Crippen molar-refractivity contribution in [3.8, 4) is 0 Å². The first-order chi connectivity index (χ1) is 13.2. The second-order valence-corrected chi connectivity index (χ2v) is 7.65. The van der Waals surface area contributed by atoms with Crippen molar-refractivity contribution in [3.05, 3.63) is 0 Å². The lowest BCUT2D eigenvalue weighted by atomic mass is 10.1. The zero-order valence-electron chi connectivity index (χ0n) is 19.0. The van der Waals surface area contributed by atoms with E-state index >= 15 is 0 Å². The molecule has 0 aromatic carbocycles. The topological polar surface area (TPSA) is 52.3 Å². The Morgan fingerprint density at radius 2 is 0.963 bits per heavy atom. The number of ether oxygens (including phenoxy) is 1. The van der Waals surface area contributed by atoms with E-state index in [4.69, 9.17) is 10.5 Å². The van der Waals surface area contributed by atoms with E-state index < -0.39 is 0 Å². The van der Waals surface area contributed by atoms with Crippen molar-refractivity contribution in [2.45, 2.75) is 136 Å². The van der Waals surface area contributed by atoms with Crippen LogP contribution in [0.4, 0.5) is 0 Å². The highest BCUT2D eigenvalue weighted by atomic mass is 16.5. The summed E-state index contributed by atoms with van der Waals surface area (Å²) in [5.41, 5.74) is 5.39. The molecule has 27 heavy (non-hydrogen) atoms. The van der Waals surface area contributed by atoms with Gasteiger partial charge in [-0.15, -0.1) is 0 Å². The summed E-state index contributed by atoms with van der Waals surface area (Å²) >= 11 is 0. The highest BCUT2D eigenvalue weighted by Gasteiger charge is 2.00. The van der Waals surface area contributed by atoms with E-state index in [1.54, 1.807) is 0 Å². The van der Waals surface area contributed by atoms with E-state index in [1.165, 1.54) is 103 Å². The number of nitrogens with two attached hydrogens (primary N) is 1. The van der Waals surface area contributed by atoms with Crippen LogP contribution in [0.3, 0.4) is 0 Å². The van der Waals surface area contributed by atoms with E-state index in [0.29, 0.717) is 13.0 Å². The Labute approximate surface area is 171 Å². The Morgan fingerprint density at radius 3 is 1.33 bits per heavy atom. The summed E-state index contributed by atoms with van der Waals surface area (Å²) in [6.07, 6.45) is 23.2. The van der Waals surface area contributed by atoms with E-state index in [9.17, 15) is 4.79 Å². The first-order valence-electron chi connectivity index (χ1n) is 12.1. The molecule has 0 heterocycles. The predicted octanol–water partition coefficient (Wildman–Crippen LogP) is 7.56. The number of carbonyl (C=O) groups excluding carboxylic acids is 1. The molecule has 0 aromatic heterocycles. The van der Waals surface area contributed by atoms with Crippen LogP contribution in [0, 0.1) is 0 Å². The minimum Gasteiger partial charge on any atom is -0.466 e. The fourth-order valence-corrected chi connectivity index (χ4v) is 3.09. The SMILES string of the molecule is CCCCCCCCCCCC(=O)OCC.CCCCCCCCCCN. The third-order valence-corrected chi connectivity index (χ3v) is 4.85. The molecular formula is C24H51NO2. The third-order valence-electron chi connectivity index (χ3n) is 4.85. The van der Waals surface area contributed by atoms with Crippen LogP contribution in [-0.4, -0.2) is 19.1 Å². The highest BCUT2D eigenvalue weighted by molar-refractivity contribution is 5.69. The van der Waals surface area contributed by atoms with Gasteiger partial charge in [-0.05, 0) is 26.3 Å². The van der Waals surface area contributed by atoms with Gasteiger partial charge in [-0.25, -0.2) is 0 Å². The highest BCUT2D eigenvalue weighted by Crippen LogP contribution is 2.10. The predicted molar refractivity (Wildman–Crippen MR) is 120 cm³/mol.